The van der Waals surface area contributed by atoms with E-state index in [2.05, 4.69) is 36.4 Å². The Bertz CT molecular complexity index is 175. The molecule has 1 N–H and O–H groups in total. The van der Waals surface area contributed by atoms with Crippen molar-refractivity contribution in [1.82, 2.24) is 0 Å². The lowest BCUT2D eigenvalue weighted by Crippen LogP contribution is -2.51. The summed E-state index contributed by atoms with van der Waals surface area (Å²) < 4.78 is 11.8. The highest BCUT2D eigenvalue weighted by molar-refractivity contribution is 14.1. The SMILES string of the molecule is CC[C@H]1[C@@H](OC)O[C@H](CI)[C@@H](O)[C@@H]1C. The van der Waals surface area contributed by atoms with Gasteiger partial charge in [-0.15, -0.1) is 0 Å². The van der Waals surface area contributed by atoms with Crippen LogP contribution in [0.15, 0.2) is 0 Å². The summed E-state index contributed by atoms with van der Waals surface area (Å²) in [6, 6.07) is 0. The highest BCUT2D eigenvalue weighted by Crippen LogP contribution is 2.33. The number of hydrogen-bond donors (Lipinski definition) is 1. The second-order valence-electron chi connectivity index (χ2n) is 3.85. The molecule has 0 aromatic heterocycles. The number of aliphatic hydroxyl groups is 1. The van der Waals surface area contributed by atoms with Crippen LogP contribution in [0.2, 0.25) is 0 Å². The van der Waals surface area contributed by atoms with Gasteiger partial charge in [0.2, 0.25) is 0 Å². The summed E-state index contributed by atoms with van der Waals surface area (Å²) >= 11 is 2.24. The summed E-state index contributed by atoms with van der Waals surface area (Å²) in [6.07, 6.45) is 0.379. The Morgan fingerprint density at radius 2 is 2.14 bits per heavy atom. The summed E-state index contributed by atoms with van der Waals surface area (Å²) in [6.45, 7) is 4.18. The monoisotopic (exact) mass is 314 g/mol. The fraction of sp³-hybridized carbons (Fsp3) is 1.00. The third-order valence-corrected chi connectivity index (χ3v) is 3.98. The van der Waals surface area contributed by atoms with Crippen LogP contribution in [0.4, 0.5) is 0 Å². The normalized spacial score (nSPS) is 43.9. The molecule has 5 atom stereocenters. The maximum Gasteiger partial charge on any atom is 0.160 e. The summed E-state index contributed by atoms with van der Waals surface area (Å²) in [5.74, 6) is 0.549. The molecule has 1 fully saturated rings. The molecular weight excluding hydrogens is 295 g/mol. The van der Waals surface area contributed by atoms with Crippen LogP contribution in [-0.2, 0) is 9.47 Å². The van der Waals surface area contributed by atoms with Crippen molar-refractivity contribution in [3.8, 4) is 0 Å². The van der Waals surface area contributed by atoms with Gasteiger partial charge in [-0.3, -0.25) is 0 Å². The molecule has 0 saturated carbocycles. The van der Waals surface area contributed by atoms with Gasteiger partial charge in [-0.25, -0.2) is 0 Å². The van der Waals surface area contributed by atoms with Crippen molar-refractivity contribution in [1.29, 1.82) is 0 Å². The Morgan fingerprint density at radius 3 is 2.57 bits per heavy atom. The van der Waals surface area contributed by atoms with Crippen LogP contribution in [-0.4, -0.2) is 35.1 Å². The fourth-order valence-corrected chi connectivity index (χ4v) is 2.84. The number of hydrogen-bond acceptors (Lipinski definition) is 3. The van der Waals surface area contributed by atoms with Crippen molar-refractivity contribution in [2.24, 2.45) is 11.8 Å². The van der Waals surface area contributed by atoms with E-state index in [-0.39, 0.29) is 24.4 Å². The molecule has 1 aliphatic heterocycles. The number of alkyl halides is 1. The second kappa shape index (κ2) is 5.63. The Balaban J connectivity index is 2.71. The van der Waals surface area contributed by atoms with Crippen LogP contribution in [0.25, 0.3) is 0 Å². The lowest BCUT2D eigenvalue weighted by molar-refractivity contribution is -0.251. The molecule has 14 heavy (non-hydrogen) atoms. The zero-order chi connectivity index (χ0) is 10.7. The van der Waals surface area contributed by atoms with Gasteiger partial charge < -0.3 is 14.6 Å². The van der Waals surface area contributed by atoms with Crippen molar-refractivity contribution in [2.75, 3.05) is 11.5 Å². The molecular formula is C10H19IO3. The van der Waals surface area contributed by atoms with Crippen LogP contribution >= 0.6 is 22.6 Å². The van der Waals surface area contributed by atoms with Crippen molar-refractivity contribution >= 4 is 22.6 Å². The molecule has 84 valence electrons. The van der Waals surface area contributed by atoms with Gasteiger partial charge >= 0.3 is 0 Å². The molecule has 3 nitrogen and oxygen atoms in total. The van der Waals surface area contributed by atoms with E-state index in [1.165, 1.54) is 0 Å². The van der Waals surface area contributed by atoms with Gasteiger partial charge in [-0.2, -0.15) is 0 Å². The van der Waals surface area contributed by atoms with E-state index in [0.29, 0.717) is 5.92 Å². The first-order valence-corrected chi connectivity index (χ1v) is 6.60. The number of aliphatic hydroxyl groups excluding tert-OH is 1. The molecule has 1 aliphatic rings. The molecule has 0 unspecified atom stereocenters. The molecule has 0 spiro atoms. The van der Waals surface area contributed by atoms with Gasteiger partial charge in [0.15, 0.2) is 6.29 Å². The molecule has 1 saturated heterocycles. The van der Waals surface area contributed by atoms with E-state index in [1.54, 1.807) is 7.11 Å². The predicted octanol–water partition coefficient (Wildman–Crippen LogP) is 1.82. The van der Waals surface area contributed by atoms with Crippen LogP contribution in [0.3, 0.4) is 0 Å². The average molecular weight is 314 g/mol. The van der Waals surface area contributed by atoms with Crippen molar-refractivity contribution in [3.05, 3.63) is 0 Å². The number of methoxy groups -OCH3 is 1. The minimum Gasteiger partial charge on any atom is -0.390 e. The molecule has 0 amide bonds. The second-order valence-corrected chi connectivity index (χ2v) is 4.74. The first kappa shape index (κ1) is 12.7. The summed E-state index contributed by atoms with van der Waals surface area (Å²) in [5.41, 5.74) is 0. The summed E-state index contributed by atoms with van der Waals surface area (Å²) in [5, 5.41) is 9.97. The van der Waals surface area contributed by atoms with Crippen molar-refractivity contribution in [2.45, 2.75) is 38.8 Å². The fourth-order valence-electron chi connectivity index (χ4n) is 2.12. The Kier molecular flexibility index (Phi) is 5.10. The van der Waals surface area contributed by atoms with Crippen LogP contribution in [0.1, 0.15) is 20.3 Å². The quantitative estimate of drug-likeness (QED) is 0.638. The number of ether oxygens (including phenoxy) is 2. The maximum atomic E-state index is 9.97. The average Bonchev–Trinajstić information content (AvgIpc) is 2.21. The summed E-state index contributed by atoms with van der Waals surface area (Å²) in [7, 11) is 1.67. The Hall–Kier alpha value is 0.610. The van der Waals surface area contributed by atoms with Gasteiger partial charge in [0.25, 0.3) is 0 Å². The standard InChI is InChI=1S/C10H19IO3/c1-4-7-6(2)9(12)8(5-11)14-10(7)13-3/h6-10,12H,4-5H2,1-3H3/t6-,7-,8-,9+,10+/m1/s1. The lowest BCUT2D eigenvalue weighted by Gasteiger charge is -2.42. The third kappa shape index (κ3) is 2.40. The molecule has 1 rings (SSSR count). The van der Waals surface area contributed by atoms with Gasteiger partial charge in [0.05, 0.1) is 12.2 Å². The first-order valence-electron chi connectivity index (χ1n) is 5.08. The highest BCUT2D eigenvalue weighted by Gasteiger charge is 2.41. The van der Waals surface area contributed by atoms with E-state index >= 15 is 0 Å². The predicted molar refractivity (Wildman–Crippen MR) is 63.5 cm³/mol. The first-order chi connectivity index (χ1) is 6.65. The zero-order valence-electron chi connectivity index (χ0n) is 8.94. The van der Waals surface area contributed by atoms with E-state index in [1.807, 2.05) is 0 Å². The minimum absolute atomic E-state index is 0.0849. The zero-order valence-corrected chi connectivity index (χ0v) is 11.1. The number of halogens is 1. The topological polar surface area (TPSA) is 38.7 Å². The van der Waals surface area contributed by atoms with Gasteiger partial charge in [-0.05, 0) is 12.3 Å². The van der Waals surface area contributed by atoms with Gasteiger partial charge in [0, 0.05) is 17.5 Å². The maximum absolute atomic E-state index is 9.97. The molecule has 1 heterocycles. The van der Waals surface area contributed by atoms with E-state index < -0.39 is 0 Å². The number of rotatable bonds is 3. The molecule has 0 radical (unpaired) electrons. The third-order valence-electron chi connectivity index (χ3n) is 3.11. The Morgan fingerprint density at radius 1 is 1.50 bits per heavy atom. The van der Waals surface area contributed by atoms with E-state index in [0.717, 1.165) is 10.8 Å². The van der Waals surface area contributed by atoms with E-state index in [4.69, 9.17) is 9.47 Å². The highest BCUT2D eigenvalue weighted by atomic mass is 127. The lowest BCUT2D eigenvalue weighted by atomic mass is 9.82. The van der Waals surface area contributed by atoms with Crippen LogP contribution < -0.4 is 0 Å². The molecule has 0 aromatic carbocycles. The van der Waals surface area contributed by atoms with Crippen LogP contribution in [0, 0.1) is 11.8 Å². The minimum atomic E-state index is -0.358. The Labute approximate surface area is 99.3 Å². The van der Waals surface area contributed by atoms with Gasteiger partial charge in [-0.1, -0.05) is 36.4 Å². The van der Waals surface area contributed by atoms with E-state index in [9.17, 15) is 5.11 Å². The van der Waals surface area contributed by atoms with Crippen molar-refractivity contribution < 1.29 is 14.6 Å². The molecule has 0 bridgehead atoms. The largest absolute Gasteiger partial charge is 0.390 e. The molecule has 0 aromatic rings. The molecule has 4 heteroatoms. The van der Waals surface area contributed by atoms with Crippen LogP contribution in [0.5, 0.6) is 0 Å². The smallest absolute Gasteiger partial charge is 0.160 e. The van der Waals surface area contributed by atoms with Gasteiger partial charge in [0.1, 0.15) is 0 Å². The summed E-state index contributed by atoms with van der Waals surface area (Å²) in [4.78, 5) is 0. The molecule has 0 aliphatic carbocycles. The van der Waals surface area contributed by atoms with Crippen molar-refractivity contribution in [3.63, 3.8) is 0 Å².